The number of carbonyl (C=O) groups is 1. The van der Waals surface area contributed by atoms with Crippen LogP contribution in [0.3, 0.4) is 0 Å². The zero-order valence-electron chi connectivity index (χ0n) is 9.37. The van der Waals surface area contributed by atoms with E-state index in [4.69, 9.17) is 16.3 Å². The van der Waals surface area contributed by atoms with Crippen molar-refractivity contribution in [1.29, 1.82) is 0 Å². The summed E-state index contributed by atoms with van der Waals surface area (Å²) in [5.41, 5.74) is 0.599. The summed E-state index contributed by atoms with van der Waals surface area (Å²) in [6, 6.07) is 11.0. The zero-order valence-corrected chi connectivity index (χ0v) is 10.1. The number of hydrogen-bond acceptors (Lipinski definition) is 2. The van der Waals surface area contributed by atoms with Gasteiger partial charge in [-0.2, -0.15) is 0 Å². The lowest BCUT2D eigenvalue weighted by Crippen LogP contribution is -2.25. The van der Waals surface area contributed by atoms with E-state index in [9.17, 15) is 4.79 Å². The minimum absolute atomic E-state index is 0.167. The van der Waals surface area contributed by atoms with Gasteiger partial charge < -0.3 is 10.1 Å². The normalized spacial score (nSPS) is 10.5. The van der Waals surface area contributed by atoms with Gasteiger partial charge in [0.15, 0.2) is 0 Å². The van der Waals surface area contributed by atoms with Crippen LogP contribution in [-0.4, -0.2) is 19.7 Å². The molecular weight excluding hydrogens is 238 g/mol. The van der Waals surface area contributed by atoms with Crippen LogP contribution >= 0.6 is 11.6 Å². The Morgan fingerprint density at radius 2 is 1.94 bits per heavy atom. The van der Waals surface area contributed by atoms with Crippen LogP contribution in [0, 0.1) is 0 Å². The Bertz CT molecular complexity index is 554. The van der Waals surface area contributed by atoms with E-state index < -0.39 is 0 Å². The summed E-state index contributed by atoms with van der Waals surface area (Å²) in [5, 5.41) is 5.01. The molecule has 0 unspecified atom stereocenters. The Kier molecular flexibility index (Phi) is 3.61. The molecule has 88 valence electrons. The Morgan fingerprint density at radius 3 is 2.71 bits per heavy atom. The molecule has 0 bridgehead atoms. The monoisotopic (exact) mass is 249 g/mol. The van der Waals surface area contributed by atoms with Crippen molar-refractivity contribution < 1.29 is 9.53 Å². The molecule has 0 heterocycles. The second-order valence-corrected chi connectivity index (χ2v) is 3.99. The number of methoxy groups -OCH3 is 1. The molecule has 17 heavy (non-hydrogen) atoms. The summed E-state index contributed by atoms with van der Waals surface area (Å²) in [6.45, 7) is 0.190. The standard InChI is InChI=1S/C13H12ClNO2/c1-17-8-15-13(16)11-6-2-5-10-9(11)4-3-7-12(10)14/h2-7H,8H2,1H3,(H,15,16). The molecule has 2 rings (SSSR count). The van der Waals surface area contributed by atoms with Gasteiger partial charge in [0, 0.05) is 23.1 Å². The van der Waals surface area contributed by atoms with Crippen LogP contribution < -0.4 is 5.32 Å². The van der Waals surface area contributed by atoms with Crippen molar-refractivity contribution in [3.8, 4) is 0 Å². The zero-order chi connectivity index (χ0) is 12.3. The highest BCUT2D eigenvalue weighted by molar-refractivity contribution is 6.36. The van der Waals surface area contributed by atoms with E-state index in [2.05, 4.69) is 5.32 Å². The lowest BCUT2D eigenvalue weighted by molar-refractivity contribution is 0.0874. The largest absolute Gasteiger partial charge is 0.364 e. The summed E-state index contributed by atoms with van der Waals surface area (Å²) in [7, 11) is 1.53. The van der Waals surface area contributed by atoms with Gasteiger partial charge in [-0.25, -0.2) is 0 Å². The Labute approximate surface area is 104 Å². The maximum absolute atomic E-state index is 11.9. The van der Waals surface area contributed by atoms with E-state index in [1.807, 2.05) is 24.3 Å². The van der Waals surface area contributed by atoms with Gasteiger partial charge in [0.25, 0.3) is 5.91 Å². The van der Waals surface area contributed by atoms with Crippen molar-refractivity contribution in [2.24, 2.45) is 0 Å². The number of amides is 1. The highest BCUT2D eigenvalue weighted by Gasteiger charge is 2.10. The number of carbonyl (C=O) groups excluding carboxylic acids is 1. The fourth-order valence-corrected chi connectivity index (χ4v) is 1.94. The fourth-order valence-electron chi connectivity index (χ4n) is 1.70. The van der Waals surface area contributed by atoms with Gasteiger partial charge in [0.1, 0.15) is 6.73 Å². The van der Waals surface area contributed by atoms with Crippen molar-refractivity contribution in [2.75, 3.05) is 13.8 Å². The van der Waals surface area contributed by atoms with Crippen LogP contribution in [0.15, 0.2) is 36.4 Å². The van der Waals surface area contributed by atoms with Gasteiger partial charge in [-0.15, -0.1) is 0 Å². The van der Waals surface area contributed by atoms with E-state index >= 15 is 0 Å². The van der Waals surface area contributed by atoms with Crippen LogP contribution in [-0.2, 0) is 4.74 Å². The van der Waals surface area contributed by atoms with Crippen LogP contribution in [0.5, 0.6) is 0 Å². The molecule has 1 amide bonds. The smallest absolute Gasteiger partial charge is 0.253 e. The van der Waals surface area contributed by atoms with Crippen LogP contribution in [0.2, 0.25) is 5.02 Å². The third-order valence-electron chi connectivity index (χ3n) is 2.49. The third-order valence-corrected chi connectivity index (χ3v) is 2.82. The summed E-state index contributed by atoms with van der Waals surface area (Å²) < 4.78 is 4.81. The molecule has 0 aliphatic rings. The first-order chi connectivity index (χ1) is 8.24. The first-order valence-electron chi connectivity index (χ1n) is 5.18. The summed E-state index contributed by atoms with van der Waals surface area (Å²) in [4.78, 5) is 11.9. The lowest BCUT2D eigenvalue weighted by Gasteiger charge is -2.08. The first kappa shape index (κ1) is 11.9. The quantitative estimate of drug-likeness (QED) is 0.850. The highest BCUT2D eigenvalue weighted by atomic mass is 35.5. The number of nitrogens with one attached hydrogen (secondary N) is 1. The van der Waals surface area contributed by atoms with E-state index in [1.54, 1.807) is 12.1 Å². The minimum atomic E-state index is -0.167. The maximum atomic E-state index is 11.9. The molecular formula is C13H12ClNO2. The molecule has 0 radical (unpaired) electrons. The molecule has 4 heteroatoms. The summed E-state index contributed by atoms with van der Waals surface area (Å²) in [6.07, 6.45) is 0. The molecule has 0 atom stereocenters. The first-order valence-corrected chi connectivity index (χ1v) is 5.56. The van der Waals surface area contributed by atoms with Crippen LogP contribution in [0.1, 0.15) is 10.4 Å². The molecule has 0 aliphatic carbocycles. The number of ether oxygens (including phenoxy) is 1. The number of hydrogen-bond donors (Lipinski definition) is 1. The SMILES string of the molecule is COCNC(=O)c1cccc2c(Cl)cccc12. The van der Waals surface area contributed by atoms with Crippen LogP contribution in [0.25, 0.3) is 10.8 Å². The Balaban J connectivity index is 2.47. The molecule has 2 aromatic rings. The van der Waals surface area contributed by atoms with Gasteiger partial charge in [0.2, 0.25) is 0 Å². The maximum Gasteiger partial charge on any atom is 0.253 e. The summed E-state index contributed by atoms with van der Waals surface area (Å²) in [5.74, 6) is -0.167. The van der Waals surface area contributed by atoms with Gasteiger partial charge >= 0.3 is 0 Å². The van der Waals surface area contributed by atoms with Gasteiger partial charge in [0.05, 0.1) is 0 Å². The Morgan fingerprint density at radius 1 is 1.24 bits per heavy atom. The van der Waals surface area contributed by atoms with Crippen molar-refractivity contribution in [3.63, 3.8) is 0 Å². The molecule has 0 aromatic heterocycles. The average Bonchev–Trinajstić information content (AvgIpc) is 2.36. The third kappa shape index (κ3) is 2.40. The van der Waals surface area contributed by atoms with E-state index in [0.29, 0.717) is 10.6 Å². The number of rotatable bonds is 3. The number of benzene rings is 2. The number of halogens is 1. The van der Waals surface area contributed by atoms with E-state index in [1.165, 1.54) is 7.11 Å². The molecule has 1 N–H and O–H groups in total. The van der Waals surface area contributed by atoms with Crippen LogP contribution in [0.4, 0.5) is 0 Å². The molecule has 2 aromatic carbocycles. The molecule has 0 saturated heterocycles. The highest BCUT2D eigenvalue weighted by Crippen LogP contribution is 2.25. The molecule has 3 nitrogen and oxygen atoms in total. The van der Waals surface area contributed by atoms with Crippen molar-refractivity contribution in [3.05, 3.63) is 47.0 Å². The summed E-state index contributed by atoms with van der Waals surface area (Å²) >= 11 is 6.08. The molecule has 0 aliphatic heterocycles. The second kappa shape index (κ2) is 5.17. The van der Waals surface area contributed by atoms with E-state index in [-0.39, 0.29) is 12.6 Å². The topological polar surface area (TPSA) is 38.3 Å². The predicted molar refractivity (Wildman–Crippen MR) is 68.3 cm³/mol. The van der Waals surface area contributed by atoms with Crippen molar-refractivity contribution >= 4 is 28.3 Å². The van der Waals surface area contributed by atoms with Gasteiger partial charge in [-0.1, -0.05) is 35.9 Å². The van der Waals surface area contributed by atoms with Gasteiger partial charge in [-0.3, -0.25) is 4.79 Å². The molecule has 0 saturated carbocycles. The molecule has 0 fully saturated rings. The second-order valence-electron chi connectivity index (χ2n) is 3.58. The Hall–Kier alpha value is -1.58. The minimum Gasteiger partial charge on any atom is -0.364 e. The van der Waals surface area contributed by atoms with Crippen molar-refractivity contribution in [2.45, 2.75) is 0 Å². The molecule has 0 spiro atoms. The van der Waals surface area contributed by atoms with Crippen molar-refractivity contribution in [1.82, 2.24) is 5.32 Å². The average molecular weight is 250 g/mol. The van der Waals surface area contributed by atoms with E-state index in [0.717, 1.165) is 10.8 Å². The fraction of sp³-hybridized carbons (Fsp3) is 0.154. The van der Waals surface area contributed by atoms with Gasteiger partial charge in [-0.05, 0) is 17.5 Å². The lowest BCUT2D eigenvalue weighted by atomic mass is 10.0. The predicted octanol–water partition coefficient (Wildman–Crippen LogP) is 2.83. The number of fused-ring (bicyclic) bond motifs is 1.